The van der Waals surface area contributed by atoms with Crippen molar-refractivity contribution in [3.8, 4) is 11.5 Å². The smallest absolute Gasteiger partial charge is 0.228 e. The van der Waals surface area contributed by atoms with Crippen molar-refractivity contribution in [3.05, 3.63) is 63.9 Å². The van der Waals surface area contributed by atoms with Crippen LogP contribution in [0.2, 0.25) is 5.02 Å². The van der Waals surface area contributed by atoms with Crippen molar-refractivity contribution < 1.29 is 4.79 Å². The number of carbonyl (C=O) groups is 1. The predicted molar refractivity (Wildman–Crippen MR) is 101 cm³/mol. The van der Waals surface area contributed by atoms with Gasteiger partial charge < -0.3 is 10.3 Å². The Balaban J connectivity index is 1.55. The van der Waals surface area contributed by atoms with Crippen LogP contribution in [0.15, 0.2) is 53.4 Å². The van der Waals surface area contributed by atoms with E-state index in [0.717, 1.165) is 22.3 Å². The molecule has 0 aliphatic rings. The van der Waals surface area contributed by atoms with Gasteiger partial charge in [-0.1, -0.05) is 11.6 Å². The Morgan fingerprint density at radius 1 is 1.24 bits per heavy atom. The summed E-state index contributed by atoms with van der Waals surface area (Å²) in [5, 5.41) is 7.43. The highest BCUT2D eigenvalue weighted by Crippen LogP contribution is 2.22. The molecule has 2 N–H and O–H groups in total. The second-order valence-corrected chi connectivity index (χ2v) is 6.75. The molecule has 0 fully saturated rings. The Morgan fingerprint density at radius 2 is 2.16 bits per heavy atom. The summed E-state index contributed by atoms with van der Waals surface area (Å²) < 4.78 is 0. The number of aromatic nitrogens is 3. The zero-order valence-corrected chi connectivity index (χ0v) is 14.6. The van der Waals surface area contributed by atoms with Crippen LogP contribution in [0.25, 0.3) is 22.6 Å². The molecule has 3 heterocycles. The lowest BCUT2D eigenvalue weighted by molar-refractivity contribution is -0.115. The largest absolute Gasteiger partial charge is 0.337 e. The molecule has 4 aromatic rings. The highest BCUT2D eigenvalue weighted by atomic mass is 35.5. The van der Waals surface area contributed by atoms with Crippen LogP contribution < -0.4 is 5.32 Å². The zero-order chi connectivity index (χ0) is 17.2. The van der Waals surface area contributed by atoms with Gasteiger partial charge in [0.05, 0.1) is 22.5 Å². The number of fused-ring (bicyclic) bond motifs is 1. The Morgan fingerprint density at radius 3 is 2.92 bits per heavy atom. The fourth-order valence-electron chi connectivity index (χ4n) is 2.51. The van der Waals surface area contributed by atoms with E-state index in [2.05, 4.69) is 20.3 Å². The van der Waals surface area contributed by atoms with Crippen molar-refractivity contribution in [3.63, 3.8) is 0 Å². The maximum atomic E-state index is 12.1. The highest BCUT2D eigenvalue weighted by molar-refractivity contribution is 7.08. The van der Waals surface area contributed by atoms with E-state index in [9.17, 15) is 4.79 Å². The van der Waals surface area contributed by atoms with Crippen LogP contribution in [-0.2, 0) is 11.2 Å². The van der Waals surface area contributed by atoms with E-state index in [-0.39, 0.29) is 5.91 Å². The van der Waals surface area contributed by atoms with Crippen molar-refractivity contribution in [2.24, 2.45) is 0 Å². The summed E-state index contributed by atoms with van der Waals surface area (Å²) in [7, 11) is 0. The van der Waals surface area contributed by atoms with Crippen LogP contribution in [0.1, 0.15) is 5.56 Å². The van der Waals surface area contributed by atoms with E-state index in [1.807, 2.05) is 41.1 Å². The third-order valence-electron chi connectivity index (χ3n) is 3.68. The van der Waals surface area contributed by atoms with Crippen molar-refractivity contribution in [1.82, 2.24) is 15.0 Å². The number of anilines is 1. The molecule has 0 aliphatic carbocycles. The molecular weight excluding hydrogens is 356 g/mol. The third-order valence-corrected chi connectivity index (χ3v) is 4.64. The average Bonchev–Trinajstić information content (AvgIpc) is 3.24. The van der Waals surface area contributed by atoms with E-state index in [1.54, 1.807) is 23.6 Å². The summed E-state index contributed by atoms with van der Waals surface area (Å²) in [5.41, 5.74) is 4.10. The first kappa shape index (κ1) is 15.8. The summed E-state index contributed by atoms with van der Waals surface area (Å²) in [5.74, 6) is 0.616. The van der Waals surface area contributed by atoms with Crippen molar-refractivity contribution in [1.29, 1.82) is 0 Å². The summed E-state index contributed by atoms with van der Waals surface area (Å²) in [6.45, 7) is 0. The van der Waals surface area contributed by atoms with Gasteiger partial charge in [-0.2, -0.15) is 11.3 Å². The van der Waals surface area contributed by atoms with Gasteiger partial charge in [-0.3, -0.25) is 9.78 Å². The Kier molecular flexibility index (Phi) is 4.21. The van der Waals surface area contributed by atoms with Crippen molar-refractivity contribution >= 4 is 45.6 Å². The Hall–Kier alpha value is -2.70. The van der Waals surface area contributed by atoms with Crippen LogP contribution in [0, 0.1) is 0 Å². The minimum absolute atomic E-state index is 0.0446. The number of nitrogens with zero attached hydrogens (tertiary/aromatic N) is 2. The highest BCUT2D eigenvalue weighted by Gasteiger charge is 2.09. The number of pyridine rings is 1. The lowest BCUT2D eigenvalue weighted by atomic mass is 10.2. The number of rotatable bonds is 4. The first-order valence-corrected chi connectivity index (χ1v) is 8.92. The Labute approximate surface area is 152 Å². The molecule has 0 aliphatic heterocycles. The van der Waals surface area contributed by atoms with Gasteiger partial charge in [0.15, 0.2) is 5.82 Å². The van der Waals surface area contributed by atoms with E-state index in [0.29, 0.717) is 23.0 Å². The maximum absolute atomic E-state index is 12.1. The number of carbonyl (C=O) groups excluding carboxylic acids is 1. The topological polar surface area (TPSA) is 70.7 Å². The normalized spacial score (nSPS) is 10.9. The molecule has 25 heavy (non-hydrogen) atoms. The first-order chi connectivity index (χ1) is 12.2. The van der Waals surface area contributed by atoms with E-state index in [1.165, 1.54) is 0 Å². The Bertz CT molecular complexity index is 1030. The number of nitrogens with one attached hydrogen (secondary N) is 2. The van der Waals surface area contributed by atoms with E-state index in [4.69, 9.17) is 11.6 Å². The van der Waals surface area contributed by atoms with Crippen LogP contribution >= 0.6 is 22.9 Å². The molecule has 0 atom stereocenters. The fraction of sp³-hybridized carbons (Fsp3) is 0.0556. The first-order valence-electron chi connectivity index (χ1n) is 7.60. The third kappa shape index (κ3) is 3.55. The minimum Gasteiger partial charge on any atom is -0.337 e. The molecule has 0 unspecified atom stereocenters. The molecule has 4 rings (SSSR count). The summed E-state index contributed by atoms with van der Waals surface area (Å²) in [6, 6.07) is 11.1. The van der Waals surface area contributed by atoms with Crippen LogP contribution in [0.3, 0.4) is 0 Å². The molecular formula is C18H13ClN4OS. The van der Waals surface area contributed by atoms with E-state index < -0.39 is 0 Å². The van der Waals surface area contributed by atoms with Gasteiger partial charge in [-0.15, -0.1) is 0 Å². The molecule has 1 aromatic carbocycles. The summed E-state index contributed by atoms with van der Waals surface area (Å²) >= 11 is 7.45. The average molecular weight is 369 g/mol. The second-order valence-electron chi connectivity index (χ2n) is 5.54. The number of H-pyrrole nitrogens is 1. The van der Waals surface area contributed by atoms with Gasteiger partial charge in [0.1, 0.15) is 5.69 Å². The zero-order valence-electron chi connectivity index (χ0n) is 13.0. The fourth-order valence-corrected chi connectivity index (χ4v) is 3.29. The lowest BCUT2D eigenvalue weighted by Crippen LogP contribution is -2.13. The number of hydrogen-bond donors (Lipinski definition) is 2. The quantitative estimate of drug-likeness (QED) is 0.556. The molecule has 0 spiro atoms. The number of hydrogen-bond acceptors (Lipinski definition) is 4. The molecule has 0 radical (unpaired) electrons. The summed E-state index contributed by atoms with van der Waals surface area (Å²) in [6.07, 6.45) is 1.95. The molecule has 5 nitrogen and oxygen atoms in total. The van der Waals surface area contributed by atoms with E-state index >= 15 is 0 Å². The standard InChI is InChI=1S/C18H13ClN4OS/c19-12-1-3-15(20-9-12)18-22-14-4-2-13(8-16(14)23-18)21-17(24)7-11-5-6-25-10-11/h1-6,8-10H,7H2,(H,21,24)(H,22,23). The van der Waals surface area contributed by atoms with Crippen LogP contribution in [0.5, 0.6) is 0 Å². The molecule has 0 bridgehead atoms. The number of amides is 1. The SMILES string of the molecule is O=C(Cc1ccsc1)Nc1ccc2nc(-c3ccc(Cl)cn3)[nH]c2c1. The molecule has 0 saturated heterocycles. The van der Waals surface area contributed by atoms with Gasteiger partial charge in [0.2, 0.25) is 5.91 Å². The monoisotopic (exact) mass is 368 g/mol. The number of halogens is 1. The number of imidazole rings is 1. The summed E-state index contributed by atoms with van der Waals surface area (Å²) in [4.78, 5) is 24.1. The predicted octanol–water partition coefficient (Wildman–Crippen LogP) is 4.52. The molecule has 124 valence electrons. The molecule has 7 heteroatoms. The van der Waals surface area contributed by atoms with Gasteiger partial charge in [-0.25, -0.2) is 4.98 Å². The molecule has 3 aromatic heterocycles. The maximum Gasteiger partial charge on any atom is 0.228 e. The van der Waals surface area contributed by atoms with Gasteiger partial charge in [-0.05, 0) is 52.7 Å². The number of thiophene rings is 1. The lowest BCUT2D eigenvalue weighted by Gasteiger charge is -2.04. The number of benzene rings is 1. The minimum atomic E-state index is -0.0446. The van der Waals surface area contributed by atoms with Crippen LogP contribution in [-0.4, -0.2) is 20.9 Å². The van der Waals surface area contributed by atoms with Crippen LogP contribution in [0.4, 0.5) is 5.69 Å². The van der Waals surface area contributed by atoms with Gasteiger partial charge in [0, 0.05) is 11.9 Å². The second kappa shape index (κ2) is 6.66. The van der Waals surface area contributed by atoms with Crippen molar-refractivity contribution in [2.75, 3.05) is 5.32 Å². The molecule has 1 amide bonds. The molecule has 0 saturated carbocycles. The number of aromatic amines is 1. The van der Waals surface area contributed by atoms with Crippen molar-refractivity contribution in [2.45, 2.75) is 6.42 Å². The van der Waals surface area contributed by atoms with Gasteiger partial charge in [0.25, 0.3) is 0 Å². The van der Waals surface area contributed by atoms with Gasteiger partial charge >= 0.3 is 0 Å².